The smallest absolute Gasteiger partial charge is 0.161 e. The fraction of sp³-hybridized carbons (Fsp3) is 0.381. The van der Waals surface area contributed by atoms with Crippen LogP contribution in [0, 0.1) is 6.92 Å². The molecule has 0 spiro atoms. The van der Waals surface area contributed by atoms with Gasteiger partial charge in [0.05, 0.1) is 13.2 Å². The zero-order chi connectivity index (χ0) is 18.4. The Morgan fingerprint density at radius 2 is 2.00 bits per heavy atom. The second-order valence-electron chi connectivity index (χ2n) is 6.48. The molecule has 1 aliphatic rings. The van der Waals surface area contributed by atoms with Crippen LogP contribution in [0.2, 0.25) is 0 Å². The molecule has 1 atom stereocenters. The fourth-order valence-electron chi connectivity index (χ4n) is 2.89. The lowest BCUT2D eigenvalue weighted by Crippen LogP contribution is -2.31. The quantitative estimate of drug-likeness (QED) is 0.744. The van der Waals surface area contributed by atoms with Crippen molar-refractivity contribution in [1.29, 1.82) is 0 Å². The second-order valence-corrected chi connectivity index (χ2v) is 6.89. The topological polar surface area (TPSA) is 39.7 Å². The van der Waals surface area contributed by atoms with Gasteiger partial charge in [-0.05, 0) is 43.5 Å². The van der Waals surface area contributed by atoms with Gasteiger partial charge in [0.25, 0.3) is 0 Å². The van der Waals surface area contributed by atoms with Gasteiger partial charge in [-0.1, -0.05) is 42.0 Å². The Morgan fingerprint density at radius 1 is 1.19 bits per heavy atom. The number of methoxy groups -OCH3 is 1. The highest BCUT2D eigenvalue weighted by atomic mass is 32.1. The normalized spacial score (nSPS) is 16.3. The van der Waals surface area contributed by atoms with Gasteiger partial charge in [0, 0.05) is 18.7 Å². The van der Waals surface area contributed by atoms with Gasteiger partial charge < -0.3 is 19.5 Å². The summed E-state index contributed by atoms with van der Waals surface area (Å²) < 4.78 is 17.0. The molecule has 1 aliphatic heterocycles. The third-order valence-electron chi connectivity index (χ3n) is 4.46. The van der Waals surface area contributed by atoms with Gasteiger partial charge in [-0.25, -0.2) is 0 Å². The molecule has 2 aromatic rings. The molecular formula is C21H25NO3S. The van der Waals surface area contributed by atoms with Crippen molar-refractivity contribution in [3.05, 3.63) is 59.2 Å². The summed E-state index contributed by atoms with van der Waals surface area (Å²) in [7, 11) is 1.64. The Labute approximate surface area is 160 Å². The van der Waals surface area contributed by atoms with Crippen molar-refractivity contribution < 1.29 is 14.2 Å². The Bertz CT molecular complexity index is 739. The maximum Gasteiger partial charge on any atom is 0.161 e. The highest BCUT2D eigenvalue weighted by Gasteiger charge is 2.16. The van der Waals surface area contributed by atoms with Gasteiger partial charge in [-0.3, -0.25) is 0 Å². The lowest BCUT2D eigenvalue weighted by atomic mass is 10.1. The molecule has 1 heterocycles. The van der Waals surface area contributed by atoms with Gasteiger partial charge in [-0.2, -0.15) is 0 Å². The third kappa shape index (κ3) is 4.96. The van der Waals surface area contributed by atoms with E-state index in [1.165, 1.54) is 5.56 Å². The first-order valence-corrected chi connectivity index (χ1v) is 9.32. The SMILES string of the molecule is COc1cc(C(=S)NCC2CCCO2)ccc1OCc1ccc(C)cc1. The van der Waals surface area contributed by atoms with Crippen LogP contribution in [-0.4, -0.2) is 31.4 Å². The number of hydrogen-bond acceptors (Lipinski definition) is 4. The lowest BCUT2D eigenvalue weighted by Gasteiger charge is -2.15. The van der Waals surface area contributed by atoms with Gasteiger partial charge in [0.2, 0.25) is 0 Å². The van der Waals surface area contributed by atoms with Gasteiger partial charge in [0.15, 0.2) is 11.5 Å². The minimum atomic E-state index is 0.256. The van der Waals surface area contributed by atoms with Crippen LogP contribution >= 0.6 is 12.2 Å². The molecule has 138 valence electrons. The molecule has 0 aliphatic carbocycles. The van der Waals surface area contributed by atoms with E-state index in [1.54, 1.807) is 7.11 Å². The van der Waals surface area contributed by atoms with Crippen molar-refractivity contribution in [2.24, 2.45) is 0 Å². The first-order chi connectivity index (χ1) is 12.7. The Morgan fingerprint density at radius 3 is 2.69 bits per heavy atom. The molecule has 0 bridgehead atoms. The Hall–Kier alpha value is -2.11. The van der Waals surface area contributed by atoms with Crippen LogP contribution in [0.15, 0.2) is 42.5 Å². The molecule has 4 nitrogen and oxygen atoms in total. The van der Waals surface area contributed by atoms with Crippen LogP contribution in [0.1, 0.15) is 29.5 Å². The van der Waals surface area contributed by atoms with Crippen molar-refractivity contribution in [2.45, 2.75) is 32.5 Å². The van der Waals surface area contributed by atoms with Crippen molar-refractivity contribution >= 4 is 17.2 Å². The van der Waals surface area contributed by atoms with Crippen LogP contribution in [0.4, 0.5) is 0 Å². The zero-order valence-electron chi connectivity index (χ0n) is 15.3. The van der Waals surface area contributed by atoms with E-state index in [0.29, 0.717) is 23.1 Å². The number of hydrogen-bond donors (Lipinski definition) is 1. The van der Waals surface area contributed by atoms with Crippen LogP contribution in [0.3, 0.4) is 0 Å². The van der Waals surface area contributed by atoms with E-state index in [-0.39, 0.29) is 6.10 Å². The largest absolute Gasteiger partial charge is 0.493 e. The molecule has 3 rings (SSSR count). The lowest BCUT2D eigenvalue weighted by molar-refractivity contribution is 0.114. The molecular weight excluding hydrogens is 346 g/mol. The number of ether oxygens (including phenoxy) is 3. The number of benzene rings is 2. The molecule has 0 radical (unpaired) electrons. The minimum Gasteiger partial charge on any atom is -0.493 e. The average molecular weight is 372 g/mol. The Kier molecular flexibility index (Phi) is 6.47. The molecule has 0 aromatic heterocycles. The third-order valence-corrected chi connectivity index (χ3v) is 4.84. The summed E-state index contributed by atoms with van der Waals surface area (Å²) in [6, 6.07) is 14.1. The standard InChI is InChI=1S/C21H25NO3S/c1-15-5-7-16(8-6-15)14-25-19-10-9-17(12-20(19)23-2)21(26)22-13-18-4-3-11-24-18/h5-10,12,18H,3-4,11,13-14H2,1-2H3,(H,22,26). The predicted molar refractivity (Wildman–Crippen MR) is 107 cm³/mol. The molecule has 0 amide bonds. The molecule has 2 aromatic carbocycles. The molecule has 5 heteroatoms. The summed E-state index contributed by atoms with van der Waals surface area (Å²) in [5, 5.41) is 3.28. The number of thiocarbonyl (C=S) groups is 1. The summed E-state index contributed by atoms with van der Waals surface area (Å²) in [4.78, 5) is 0.698. The molecule has 1 N–H and O–H groups in total. The minimum absolute atomic E-state index is 0.256. The van der Waals surface area contributed by atoms with Gasteiger partial charge in [0.1, 0.15) is 11.6 Å². The molecule has 1 unspecified atom stereocenters. The van der Waals surface area contributed by atoms with E-state index in [1.807, 2.05) is 18.2 Å². The highest BCUT2D eigenvalue weighted by Crippen LogP contribution is 2.29. The van der Waals surface area contributed by atoms with Gasteiger partial charge in [-0.15, -0.1) is 0 Å². The molecule has 0 saturated carbocycles. The van der Waals surface area contributed by atoms with E-state index in [0.717, 1.165) is 37.1 Å². The van der Waals surface area contributed by atoms with Gasteiger partial charge >= 0.3 is 0 Å². The van der Waals surface area contributed by atoms with E-state index in [9.17, 15) is 0 Å². The average Bonchev–Trinajstić information content (AvgIpc) is 3.19. The van der Waals surface area contributed by atoms with Crippen LogP contribution < -0.4 is 14.8 Å². The fourth-order valence-corrected chi connectivity index (χ4v) is 3.10. The summed E-state index contributed by atoms with van der Waals surface area (Å²) >= 11 is 5.50. The summed E-state index contributed by atoms with van der Waals surface area (Å²) in [6.07, 6.45) is 2.47. The van der Waals surface area contributed by atoms with Crippen LogP contribution in [0.5, 0.6) is 11.5 Å². The first-order valence-electron chi connectivity index (χ1n) is 8.92. The van der Waals surface area contributed by atoms with Crippen molar-refractivity contribution in [3.8, 4) is 11.5 Å². The Balaban J connectivity index is 1.60. The van der Waals surface area contributed by atoms with Crippen molar-refractivity contribution in [2.75, 3.05) is 20.3 Å². The number of rotatable bonds is 7. The van der Waals surface area contributed by atoms with Crippen LogP contribution in [-0.2, 0) is 11.3 Å². The molecule has 26 heavy (non-hydrogen) atoms. The second kappa shape index (κ2) is 9.01. The summed E-state index contributed by atoms with van der Waals surface area (Å²) in [5.74, 6) is 1.38. The van der Waals surface area contributed by atoms with E-state index in [4.69, 9.17) is 26.4 Å². The number of nitrogens with one attached hydrogen (secondary N) is 1. The van der Waals surface area contributed by atoms with E-state index in [2.05, 4.69) is 36.5 Å². The van der Waals surface area contributed by atoms with E-state index >= 15 is 0 Å². The maximum atomic E-state index is 5.92. The van der Waals surface area contributed by atoms with Crippen molar-refractivity contribution in [1.82, 2.24) is 5.32 Å². The van der Waals surface area contributed by atoms with Crippen molar-refractivity contribution in [3.63, 3.8) is 0 Å². The monoisotopic (exact) mass is 371 g/mol. The predicted octanol–water partition coefficient (Wildman–Crippen LogP) is 4.03. The zero-order valence-corrected chi connectivity index (χ0v) is 16.1. The van der Waals surface area contributed by atoms with E-state index < -0.39 is 0 Å². The number of aryl methyl sites for hydroxylation is 1. The summed E-state index contributed by atoms with van der Waals surface area (Å²) in [5.41, 5.74) is 3.27. The molecule has 1 fully saturated rings. The maximum absolute atomic E-state index is 5.92. The highest BCUT2D eigenvalue weighted by molar-refractivity contribution is 7.80. The summed E-state index contributed by atoms with van der Waals surface area (Å²) in [6.45, 7) is 4.16. The first kappa shape index (κ1) is 18.7. The molecule has 1 saturated heterocycles. The van der Waals surface area contributed by atoms with Crippen LogP contribution in [0.25, 0.3) is 0 Å².